The Labute approximate surface area is 157 Å². The number of hydrogen-bond donors (Lipinski definition) is 0. The maximum atomic E-state index is 13.1. The van der Waals surface area contributed by atoms with E-state index < -0.39 is 45.3 Å². The van der Waals surface area contributed by atoms with Crippen molar-refractivity contribution in [2.45, 2.75) is 51.0 Å². The summed E-state index contributed by atoms with van der Waals surface area (Å²) >= 11 is -0.314. The molecule has 0 heterocycles. The van der Waals surface area contributed by atoms with Crippen LogP contribution in [0.3, 0.4) is 0 Å². The largest absolute Gasteiger partial charge is 0.316 e. The van der Waals surface area contributed by atoms with E-state index in [0.29, 0.717) is 27.8 Å². The highest BCUT2D eigenvalue weighted by atomic mass is 127. The van der Waals surface area contributed by atoms with Gasteiger partial charge in [-0.3, -0.25) is 4.99 Å². The second-order valence-corrected chi connectivity index (χ2v) is 9.15. The van der Waals surface area contributed by atoms with E-state index in [0.717, 1.165) is 5.56 Å². The van der Waals surface area contributed by atoms with Gasteiger partial charge in [-0.1, -0.05) is 30.8 Å². The molecule has 0 bridgehead atoms. The maximum Gasteiger partial charge on any atom is 0.316 e. The van der Waals surface area contributed by atoms with Gasteiger partial charge in [0.25, 0.3) is 6.43 Å². The first-order valence-corrected chi connectivity index (χ1v) is 10.5. The fraction of sp³-hybridized carbons (Fsp3) is 0.500. The molecule has 0 atom stereocenters. The minimum atomic E-state index is -4.08. The summed E-state index contributed by atoms with van der Waals surface area (Å²) in [6, 6.07) is 3.29. The topological polar surface area (TPSA) is 12.4 Å². The molecule has 0 saturated carbocycles. The molecule has 1 nitrogen and oxygen atoms in total. The number of benzene rings is 1. The monoisotopic (exact) mass is 497 g/mol. The Hall–Kier alpha value is -0.580. The zero-order chi connectivity index (χ0) is 19.2. The van der Waals surface area contributed by atoms with Gasteiger partial charge in [-0.15, -0.1) is 11.8 Å². The number of hydrogen-bond acceptors (Lipinski definition) is 2. The Morgan fingerprint density at radius 1 is 1.20 bits per heavy atom. The SMILES string of the molecule is CC=IC(=NCc1cc(SCC(F)(F)C(F)F)c(C)cc1C)C(F)F. The van der Waals surface area contributed by atoms with Crippen molar-refractivity contribution in [2.75, 3.05) is 5.75 Å². The highest BCUT2D eigenvalue weighted by molar-refractivity contribution is 14.2. The molecule has 1 aromatic rings. The van der Waals surface area contributed by atoms with E-state index >= 15 is 0 Å². The van der Waals surface area contributed by atoms with E-state index in [9.17, 15) is 26.3 Å². The summed E-state index contributed by atoms with van der Waals surface area (Å²) < 4.78 is 78.0. The molecular weight excluding hydrogens is 479 g/mol. The van der Waals surface area contributed by atoms with Crippen molar-refractivity contribution in [3.8, 4) is 0 Å². The van der Waals surface area contributed by atoms with Crippen LogP contribution >= 0.6 is 32.5 Å². The highest BCUT2D eigenvalue weighted by Crippen LogP contribution is 2.33. The smallest absolute Gasteiger partial charge is 0.273 e. The number of aryl methyl sites for hydroxylation is 2. The van der Waals surface area contributed by atoms with Crippen molar-refractivity contribution in [3.63, 3.8) is 0 Å². The predicted octanol–water partition coefficient (Wildman–Crippen LogP) is 6.25. The van der Waals surface area contributed by atoms with E-state index in [-0.39, 0.29) is 10.3 Å². The average molecular weight is 497 g/mol. The Balaban J connectivity index is 3.01. The molecule has 0 aliphatic heterocycles. The van der Waals surface area contributed by atoms with Gasteiger partial charge >= 0.3 is 12.3 Å². The molecular formula is C16H18F6INS. The molecule has 0 aliphatic carbocycles. The number of rotatable bonds is 8. The first-order valence-electron chi connectivity index (χ1n) is 7.21. The average Bonchev–Trinajstić information content (AvgIpc) is 2.51. The molecule has 0 spiro atoms. The van der Waals surface area contributed by atoms with Crippen molar-refractivity contribution < 1.29 is 26.3 Å². The summed E-state index contributed by atoms with van der Waals surface area (Å²) in [6.45, 7) is 5.16. The third kappa shape index (κ3) is 6.92. The van der Waals surface area contributed by atoms with Gasteiger partial charge < -0.3 is 0 Å². The second kappa shape index (κ2) is 9.94. The van der Waals surface area contributed by atoms with E-state index in [1.54, 1.807) is 36.9 Å². The molecule has 0 N–H and O–H groups in total. The van der Waals surface area contributed by atoms with Crippen LogP contribution in [-0.4, -0.2) is 32.3 Å². The van der Waals surface area contributed by atoms with Gasteiger partial charge in [0.05, 0.1) is 12.3 Å². The fourth-order valence-corrected chi connectivity index (χ4v) is 4.12. The van der Waals surface area contributed by atoms with Crippen LogP contribution in [0.2, 0.25) is 0 Å². The molecule has 0 unspecified atom stereocenters. The first-order chi connectivity index (χ1) is 11.6. The Bertz CT molecular complexity index is 646. The lowest BCUT2D eigenvalue weighted by molar-refractivity contribution is -0.109. The Kier molecular flexibility index (Phi) is 8.93. The lowest BCUT2D eigenvalue weighted by Gasteiger charge is -2.16. The first kappa shape index (κ1) is 22.5. The zero-order valence-corrected chi connectivity index (χ0v) is 16.8. The van der Waals surface area contributed by atoms with Crippen molar-refractivity contribution in [1.29, 1.82) is 0 Å². The Morgan fingerprint density at radius 3 is 2.36 bits per heavy atom. The van der Waals surface area contributed by atoms with E-state index in [1.165, 1.54) is 0 Å². The number of halogens is 7. The summed E-state index contributed by atoms with van der Waals surface area (Å²) in [4.78, 5) is 4.38. The minimum absolute atomic E-state index is 0.0121. The van der Waals surface area contributed by atoms with Gasteiger partial charge in [0.15, 0.2) is 0 Å². The van der Waals surface area contributed by atoms with Crippen LogP contribution in [0.1, 0.15) is 23.6 Å². The summed E-state index contributed by atoms with van der Waals surface area (Å²) in [6.07, 6.45) is -6.34. The number of nitrogens with zero attached hydrogens (tertiary/aromatic N) is 1. The van der Waals surface area contributed by atoms with Gasteiger partial charge in [-0.2, -0.15) is 8.78 Å². The summed E-state index contributed by atoms with van der Waals surface area (Å²) in [7, 11) is 0. The van der Waals surface area contributed by atoms with Crippen LogP contribution in [-0.2, 0) is 6.54 Å². The molecule has 0 aromatic heterocycles. The van der Waals surface area contributed by atoms with Crippen molar-refractivity contribution >= 4 is 40.2 Å². The van der Waals surface area contributed by atoms with Gasteiger partial charge in [-0.05, 0) is 43.5 Å². The van der Waals surface area contributed by atoms with Crippen LogP contribution in [0.4, 0.5) is 26.3 Å². The lowest BCUT2D eigenvalue weighted by Crippen LogP contribution is -2.29. The van der Waals surface area contributed by atoms with Gasteiger partial charge in [0, 0.05) is 4.90 Å². The second-order valence-electron chi connectivity index (χ2n) is 5.16. The molecule has 0 saturated heterocycles. The van der Waals surface area contributed by atoms with Crippen LogP contribution in [0.15, 0.2) is 22.0 Å². The summed E-state index contributed by atoms with van der Waals surface area (Å²) in [5, 5.41) is 0. The van der Waals surface area contributed by atoms with Crippen LogP contribution in [0.25, 0.3) is 0 Å². The molecule has 25 heavy (non-hydrogen) atoms. The quantitative estimate of drug-likeness (QED) is 0.179. The summed E-state index contributed by atoms with van der Waals surface area (Å²) in [5.41, 5.74) is 2.08. The normalized spacial score (nSPS) is 13.8. The van der Waals surface area contributed by atoms with Crippen molar-refractivity contribution in [1.82, 2.24) is 0 Å². The molecule has 9 heteroatoms. The predicted molar refractivity (Wildman–Crippen MR) is 100 cm³/mol. The molecule has 0 radical (unpaired) electrons. The van der Waals surface area contributed by atoms with Crippen LogP contribution in [0, 0.1) is 13.8 Å². The van der Waals surface area contributed by atoms with Crippen LogP contribution < -0.4 is 0 Å². The molecule has 0 amide bonds. The standard InChI is InChI=1S/C16H18F6INS/c1-4-23-14(13(17)18)24-7-11-6-12(10(3)5-9(11)2)25-8-16(21,22)15(19)20/h4-6,13,15H,7-8H2,1-3H3. The van der Waals surface area contributed by atoms with E-state index in [1.807, 2.05) is 0 Å². The third-order valence-electron chi connectivity index (χ3n) is 3.17. The van der Waals surface area contributed by atoms with Gasteiger partial charge in [0.2, 0.25) is 0 Å². The third-order valence-corrected chi connectivity index (χ3v) is 6.53. The number of thioether (sulfide) groups is 1. The molecule has 142 valence electrons. The van der Waals surface area contributed by atoms with Gasteiger partial charge in [-0.25, -0.2) is 17.6 Å². The minimum Gasteiger partial charge on any atom is -0.273 e. The van der Waals surface area contributed by atoms with E-state index in [4.69, 9.17) is 0 Å². The van der Waals surface area contributed by atoms with Crippen molar-refractivity contribution in [2.24, 2.45) is 4.99 Å². The number of aliphatic imine (C=N–C) groups is 1. The molecule has 1 aromatic carbocycles. The molecule has 0 fully saturated rings. The van der Waals surface area contributed by atoms with E-state index in [2.05, 4.69) is 4.99 Å². The van der Waals surface area contributed by atoms with Crippen LogP contribution in [0.5, 0.6) is 0 Å². The highest BCUT2D eigenvalue weighted by Gasteiger charge is 2.40. The van der Waals surface area contributed by atoms with Crippen molar-refractivity contribution in [3.05, 3.63) is 28.8 Å². The fourth-order valence-electron chi connectivity index (χ4n) is 1.86. The maximum absolute atomic E-state index is 13.1. The summed E-state index contributed by atoms with van der Waals surface area (Å²) in [5.74, 6) is -5.12. The zero-order valence-electron chi connectivity index (χ0n) is 13.8. The Morgan fingerprint density at radius 2 is 1.84 bits per heavy atom. The lowest BCUT2D eigenvalue weighted by atomic mass is 10.1. The molecule has 1 rings (SSSR count). The molecule has 0 aliphatic rings. The number of alkyl halides is 6. The van der Waals surface area contributed by atoms with Gasteiger partial charge in [0.1, 0.15) is 3.72 Å².